The number of rotatable bonds is 5. The first-order chi connectivity index (χ1) is 21.3. The van der Waals surface area contributed by atoms with Crippen LogP contribution < -0.4 is 4.65 Å². The Labute approximate surface area is 274 Å². The standard InChI is InChI=1S/C16H16BO3.C16H15BrO.C3H9BO3/c1-16(2,3)12-8-4-6-10-11-7-5-9-13(20-17-18)15(11)19-14(10)12;1-16(2,3)12-8-4-6-10-11-7-5-9-13(17)15(11)18-14(10)12;1-5-4(6-2)7-3/h4-9,18H,1-3H3;4-9H,1-3H3;1-3H3. The topological polar surface area (TPSA) is 83.4 Å². The van der Waals surface area contributed by atoms with E-state index in [2.05, 4.69) is 102 Å². The summed E-state index contributed by atoms with van der Waals surface area (Å²) in [4.78, 5) is 0. The molecule has 45 heavy (non-hydrogen) atoms. The van der Waals surface area contributed by atoms with Gasteiger partial charge >= 0.3 is 15.0 Å². The lowest BCUT2D eigenvalue weighted by molar-refractivity contribution is 0.163. The van der Waals surface area contributed by atoms with E-state index in [4.69, 9.17) is 18.5 Å². The van der Waals surface area contributed by atoms with E-state index >= 15 is 0 Å². The highest BCUT2D eigenvalue weighted by atomic mass is 79.9. The molecule has 0 atom stereocenters. The van der Waals surface area contributed by atoms with Crippen LogP contribution in [0.4, 0.5) is 0 Å². The van der Waals surface area contributed by atoms with Gasteiger partial charge in [-0.3, -0.25) is 0 Å². The Morgan fingerprint density at radius 2 is 1.00 bits per heavy atom. The van der Waals surface area contributed by atoms with Crippen molar-refractivity contribution in [1.82, 2.24) is 0 Å². The third-order valence-electron chi connectivity index (χ3n) is 7.34. The molecule has 0 aliphatic carbocycles. The molecule has 0 amide bonds. The van der Waals surface area contributed by atoms with Gasteiger partial charge in [0.05, 0.1) is 4.47 Å². The van der Waals surface area contributed by atoms with Crippen molar-refractivity contribution in [3.8, 4) is 5.75 Å². The Bertz CT molecular complexity index is 1870. The van der Waals surface area contributed by atoms with Crippen molar-refractivity contribution in [2.45, 2.75) is 52.4 Å². The summed E-state index contributed by atoms with van der Waals surface area (Å²) >= 11 is 3.56. The third-order valence-corrected chi connectivity index (χ3v) is 7.96. The van der Waals surface area contributed by atoms with Crippen LogP contribution >= 0.6 is 15.9 Å². The number of hydrogen-bond donors (Lipinski definition) is 1. The molecule has 1 N–H and O–H groups in total. The summed E-state index contributed by atoms with van der Waals surface area (Å²) in [6.07, 6.45) is 0. The summed E-state index contributed by atoms with van der Waals surface area (Å²) in [6.45, 7) is 13.1. The first-order valence-electron chi connectivity index (χ1n) is 14.6. The summed E-state index contributed by atoms with van der Waals surface area (Å²) in [5.41, 5.74) is 5.97. The van der Waals surface area contributed by atoms with Crippen molar-refractivity contribution < 1.29 is 32.5 Å². The molecule has 0 unspecified atom stereocenters. The first-order valence-corrected chi connectivity index (χ1v) is 15.4. The molecule has 0 aliphatic rings. The molecule has 2 heterocycles. The van der Waals surface area contributed by atoms with Crippen LogP contribution in [0.2, 0.25) is 0 Å². The fraction of sp³-hybridized carbons (Fsp3) is 0.314. The van der Waals surface area contributed by atoms with Crippen LogP contribution in [0.1, 0.15) is 52.7 Å². The maximum atomic E-state index is 8.85. The van der Waals surface area contributed by atoms with Gasteiger partial charge in [0.1, 0.15) is 22.5 Å². The van der Waals surface area contributed by atoms with Crippen LogP contribution in [-0.2, 0) is 24.8 Å². The molecule has 6 aromatic rings. The maximum Gasteiger partial charge on any atom is 0.638 e. The molecule has 235 valence electrons. The largest absolute Gasteiger partial charge is 0.638 e. The van der Waals surface area contributed by atoms with Gasteiger partial charge in [-0.05, 0) is 38.9 Å². The van der Waals surface area contributed by atoms with Gasteiger partial charge in [-0.15, -0.1) is 0 Å². The molecule has 6 rings (SSSR count). The van der Waals surface area contributed by atoms with Gasteiger partial charge in [-0.25, -0.2) is 0 Å². The van der Waals surface area contributed by atoms with Gasteiger partial charge in [-0.1, -0.05) is 102 Å². The van der Waals surface area contributed by atoms with Crippen LogP contribution in [-0.4, -0.2) is 41.4 Å². The number of benzene rings is 4. The van der Waals surface area contributed by atoms with Crippen molar-refractivity contribution in [2.75, 3.05) is 21.3 Å². The van der Waals surface area contributed by atoms with E-state index in [9.17, 15) is 0 Å². The number of fused-ring (bicyclic) bond motifs is 6. The second-order valence-corrected chi connectivity index (χ2v) is 13.4. The minimum Gasteiger partial charge on any atom is -0.535 e. The minimum absolute atomic E-state index is 0.00247. The highest BCUT2D eigenvalue weighted by molar-refractivity contribution is 9.10. The summed E-state index contributed by atoms with van der Waals surface area (Å²) in [6, 6.07) is 24.4. The van der Waals surface area contributed by atoms with Crippen molar-refractivity contribution in [3.05, 3.63) is 88.4 Å². The second kappa shape index (κ2) is 14.4. The molecule has 4 aromatic carbocycles. The zero-order valence-electron chi connectivity index (χ0n) is 27.4. The van der Waals surface area contributed by atoms with Gasteiger partial charge in [0.15, 0.2) is 5.58 Å². The quantitative estimate of drug-likeness (QED) is 0.183. The summed E-state index contributed by atoms with van der Waals surface area (Å²) in [5.74, 6) is 0.515. The SMILES string of the molecule is CC(C)(C)c1cccc2c1oc1c(Br)cccc12.CC(C)(C)c1cccc2c1oc1c(O[B]O)cccc12.COB(OC)OC. The summed E-state index contributed by atoms with van der Waals surface area (Å²) < 4.78 is 32.1. The monoisotopic (exact) mass is 673 g/mol. The predicted molar refractivity (Wildman–Crippen MR) is 188 cm³/mol. The Hall–Kier alpha value is -3.27. The van der Waals surface area contributed by atoms with Crippen molar-refractivity contribution >= 4 is 74.8 Å². The fourth-order valence-corrected chi connectivity index (χ4v) is 5.65. The van der Waals surface area contributed by atoms with Crippen LogP contribution in [0.3, 0.4) is 0 Å². The minimum atomic E-state index is -0.514. The van der Waals surface area contributed by atoms with Crippen molar-refractivity contribution in [2.24, 2.45) is 0 Å². The molecule has 0 bridgehead atoms. The lowest BCUT2D eigenvalue weighted by atomic mass is 9.86. The van der Waals surface area contributed by atoms with Crippen LogP contribution in [0.5, 0.6) is 5.75 Å². The van der Waals surface area contributed by atoms with E-state index in [1.165, 1.54) is 37.7 Å². The Morgan fingerprint density at radius 1 is 0.600 bits per heavy atom. The molecule has 1 radical (unpaired) electrons. The molecule has 0 saturated carbocycles. The van der Waals surface area contributed by atoms with Gasteiger partial charge in [0.2, 0.25) is 0 Å². The van der Waals surface area contributed by atoms with Crippen LogP contribution in [0.25, 0.3) is 43.9 Å². The Kier molecular flexibility index (Phi) is 11.1. The summed E-state index contributed by atoms with van der Waals surface area (Å²) in [5, 5.41) is 13.3. The lowest BCUT2D eigenvalue weighted by Gasteiger charge is -2.18. The number of halogens is 1. The van der Waals surface area contributed by atoms with Gasteiger partial charge in [0.25, 0.3) is 0 Å². The molecule has 2 aromatic heterocycles. The van der Waals surface area contributed by atoms with E-state index in [1.54, 1.807) is 6.07 Å². The van der Waals surface area contributed by atoms with Gasteiger partial charge in [0, 0.05) is 54.0 Å². The Morgan fingerprint density at radius 3 is 1.42 bits per heavy atom. The lowest BCUT2D eigenvalue weighted by Crippen LogP contribution is -2.21. The van der Waals surface area contributed by atoms with Crippen molar-refractivity contribution in [3.63, 3.8) is 0 Å². The predicted octanol–water partition coefficient (Wildman–Crippen LogP) is 9.35. The smallest absolute Gasteiger partial charge is 0.535 e. The highest BCUT2D eigenvalue weighted by Gasteiger charge is 2.22. The highest BCUT2D eigenvalue weighted by Crippen LogP contribution is 2.40. The van der Waals surface area contributed by atoms with Gasteiger partial charge < -0.3 is 32.5 Å². The molecule has 0 fully saturated rings. The van der Waals surface area contributed by atoms with Crippen LogP contribution in [0.15, 0.2) is 86.1 Å². The fourth-order valence-electron chi connectivity index (χ4n) is 5.20. The van der Waals surface area contributed by atoms with E-state index in [1.807, 2.05) is 36.4 Å². The molecule has 0 aliphatic heterocycles. The maximum absolute atomic E-state index is 8.85. The molecule has 7 nitrogen and oxygen atoms in total. The molecule has 10 heteroatoms. The van der Waals surface area contributed by atoms with E-state index in [0.29, 0.717) is 19.0 Å². The third kappa shape index (κ3) is 7.59. The molecule has 0 saturated heterocycles. The van der Waals surface area contributed by atoms with Crippen LogP contribution in [0, 0.1) is 0 Å². The molecule has 0 spiro atoms. The Balaban J connectivity index is 0.000000171. The van der Waals surface area contributed by atoms with Gasteiger partial charge in [-0.2, -0.15) is 0 Å². The molecular formula is C35H40B2BrO7. The molecular weight excluding hydrogens is 634 g/mol. The second-order valence-electron chi connectivity index (χ2n) is 12.5. The summed E-state index contributed by atoms with van der Waals surface area (Å²) in [7, 11) is 4.69. The zero-order chi connectivity index (χ0) is 32.9. The number of hydrogen-bond acceptors (Lipinski definition) is 7. The number of para-hydroxylation sites is 4. The first kappa shape index (κ1) is 34.6. The average molecular weight is 674 g/mol. The number of furan rings is 2. The van der Waals surface area contributed by atoms with E-state index in [0.717, 1.165) is 37.6 Å². The normalized spacial score (nSPS) is 11.7. The van der Waals surface area contributed by atoms with E-state index in [-0.39, 0.29) is 10.8 Å². The zero-order valence-corrected chi connectivity index (χ0v) is 28.9. The average Bonchev–Trinajstić information content (AvgIpc) is 3.58. The van der Waals surface area contributed by atoms with E-state index < -0.39 is 7.32 Å². The van der Waals surface area contributed by atoms with Crippen molar-refractivity contribution in [1.29, 1.82) is 0 Å².